The molecule has 0 unspecified atom stereocenters. The minimum absolute atomic E-state index is 0.323. The second kappa shape index (κ2) is 7.40. The van der Waals surface area contributed by atoms with Crippen molar-refractivity contribution in [2.24, 2.45) is 0 Å². The molecule has 0 atom stereocenters. The number of rotatable bonds is 5. The van der Waals surface area contributed by atoms with Gasteiger partial charge in [0.2, 0.25) is 0 Å². The molecule has 7 heteroatoms. The first-order valence-corrected chi connectivity index (χ1v) is 8.58. The molecule has 2 aromatic carbocycles. The second-order valence-corrected chi connectivity index (χ2v) is 6.05. The normalized spacial score (nSPS) is 10.6. The molecule has 0 saturated heterocycles. The van der Waals surface area contributed by atoms with E-state index in [1.165, 1.54) is 23.0 Å². The molecule has 0 spiro atoms. The van der Waals surface area contributed by atoms with E-state index in [4.69, 9.17) is 4.74 Å². The fraction of sp³-hybridized carbons (Fsp3) is 0.0476. The van der Waals surface area contributed by atoms with Crippen molar-refractivity contribution in [2.75, 3.05) is 12.4 Å². The molecule has 0 fully saturated rings. The number of benzene rings is 2. The van der Waals surface area contributed by atoms with Crippen LogP contribution in [-0.4, -0.2) is 27.4 Å². The highest BCUT2D eigenvalue weighted by molar-refractivity contribution is 6.06. The predicted octanol–water partition coefficient (Wildman–Crippen LogP) is 4.06. The smallest absolute Gasteiger partial charge is 0.261 e. The fourth-order valence-electron chi connectivity index (χ4n) is 2.90. The van der Waals surface area contributed by atoms with Crippen molar-refractivity contribution in [1.29, 1.82) is 0 Å². The van der Waals surface area contributed by atoms with E-state index in [0.717, 1.165) is 0 Å². The maximum absolute atomic E-state index is 13.7. The maximum atomic E-state index is 13.7. The quantitative estimate of drug-likeness (QED) is 0.571. The molecule has 0 aliphatic heterocycles. The van der Waals surface area contributed by atoms with Gasteiger partial charge in [-0.3, -0.25) is 4.79 Å². The van der Waals surface area contributed by atoms with Crippen LogP contribution in [0.1, 0.15) is 10.4 Å². The maximum Gasteiger partial charge on any atom is 0.261 e. The van der Waals surface area contributed by atoms with E-state index in [0.29, 0.717) is 28.5 Å². The van der Waals surface area contributed by atoms with E-state index < -0.39 is 0 Å². The molecule has 0 aliphatic rings. The molecule has 140 valence electrons. The van der Waals surface area contributed by atoms with E-state index in [2.05, 4.69) is 10.4 Å². The number of ether oxygens (including phenoxy) is 1. The highest BCUT2D eigenvalue weighted by Crippen LogP contribution is 2.22. The largest absolute Gasteiger partial charge is 0.497 e. The Morgan fingerprint density at radius 1 is 1.07 bits per heavy atom. The first-order valence-electron chi connectivity index (χ1n) is 8.58. The number of nitrogens with zero attached hydrogens (tertiary/aromatic N) is 3. The minimum atomic E-state index is -0.379. The highest BCUT2D eigenvalue weighted by Gasteiger charge is 2.20. The topological polar surface area (TPSA) is 61.1 Å². The Hall–Kier alpha value is -3.87. The number of hydrogen-bond donors (Lipinski definition) is 1. The minimum Gasteiger partial charge on any atom is -0.497 e. The zero-order valence-electron chi connectivity index (χ0n) is 15.0. The number of carbonyl (C=O) groups excluding carboxylic acids is 1. The number of hydrogen-bond acceptors (Lipinski definition) is 3. The van der Waals surface area contributed by atoms with Gasteiger partial charge in [-0.2, -0.15) is 5.10 Å². The van der Waals surface area contributed by atoms with Gasteiger partial charge in [-0.25, -0.2) is 9.07 Å². The monoisotopic (exact) mass is 376 g/mol. The molecule has 1 amide bonds. The lowest BCUT2D eigenvalue weighted by molar-refractivity contribution is 0.102. The van der Waals surface area contributed by atoms with Crippen molar-refractivity contribution >= 4 is 11.6 Å². The lowest BCUT2D eigenvalue weighted by Crippen LogP contribution is -2.15. The van der Waals surface area contributed by atoms with E-state index in [-0.39, 0.29) is 11.7 Å². The summed E-state index contributed by atoms with van der Waals surface area (Å²) in [6.07, 6.45) is 5.08. The summed E-state index contributed by atoms with van der Waals surface area (Å²) < 4.78 is 22.1. The van der Waals surface area contributed by atoms with Crippen LogP contribution in [0.5, 0.6) is 5.75 Å². The van der Waals surface area contributed by atoms with Crippen LogP contribution in [0.25, 0.3) is 11.5 Å². The van der Waals surface area contributed by atoms with Crippen LogP contribution in [-0.2, 0) is 0 Å². The Bertz CT molecular complexity index is 1100. The Labute approximate surface area is 160 Å². The van der Waals surface area contributed by atoms with Crippen LogP contribution in [0.2, 0.25) is 0 Å². The van der Waals surface area contributed by atoms with E-state index in [1.54, 1.807) is 60.5 Å². The van der Waals surface area contributed by atoms with Gasteiger partial charge in [-0.15, -0.1) is 0 Å². The Morgan fingerprint density at radius 3 is 2.50 bits per heavy atom. The first-order chi connectivity index (χ1) is 13.7. The van der Waals surface area contributed by atoms with E-state index in [1.807, 2.05) is 12.1 Å². The lowest BCUT2D eigenvalue weighted by atomic mass is 10.2. The molecule has 0 aliphatic carbocycles. The molecule has 28 heavy (non-hydrogen) atoms. The summed E-state index contributed by atoms with van der Waals surface area (Å²) >= 11 is 0. The first kappa shape index (κ1) is 17.5. The number of aromatic nitrogens is 3. The molecule has 0 bridgehead atoms. The summed E-state index contributed by atoms with van der Waals surface area (Å²) in [6.45, 7) is 0. The molecule has 6 nitrogen and oxygen atoms in total. The van der Waals surface area contributed by atoms with Gasteiger partial charge in [0.05, 0.1) is 19.0 Å². The third-order valence-electron chi connectivity index (χ3n) is 4.24. The third kappa shape index (κ3) is 3.37. The number of carbonyl (C=O) groups is 1. The number of anilines is 1. The van der Waals surface area contributed by atoms with Gasteiger partial charge in [-0.05, 0) is 54.6 Å². The zero-order valence-corrected chi connectivity index (χ0v) is 15.0. The van der Waals surface area contributed by atoms with Gasteiger partial charge in [0.15, 0.2) is 5.82 Å². The molecule has 4 aromatic rings. The summed E-state index contributed by atoms with van der Waals surface area (Å²) in [7, 11) is 1.58. The molecule has 4 rings (SSSR count). The number of methoxy groups -OCH3 is 1. The zero-order chi connectivity index (χ0) is 19.5. The molecule has 1 N–H and O–H groups in total. The number of halogens is 1. The molecular formula is C21H17FN4O2. The summed E-state index contributed by atoms with van der Waals surface area (Å²) in [5.74, 6) is 0.513. The van der Waals surface area contributed by atoms with Crippen LogP contribution in [0.15, 0.2) is 79.3 Å². The van der Waals surface area contributed by atoms with Gasteiger partial charge in [0.1, 0.15) is 17.1 Å². The van der Waals surface area contributed by atoms with E-state index in [9.17, 15) is 9.18 Å². The van der Waals surface area contributed by atoms with Crippen LogP contribution < -0.4 is 10.1 Å². The second-order valence-electron chi connectivity index (χ2n) is 6.05. The number of nitrogens with one attached hydrogen (secondary N) is 1. The summed E-state index contributed by atoms with van der Waals surface area (Å²) in [6, 6.07) is 16.8. The average molecular weight is 376 g/mol. The van der Waals surface area contributed by atoms with Gasteiger partial charge in [-0.1, -0.05) is 6.07 Å². The number of amides is 1. The van der Waals surface area contributed by atoms with Crippen molar-refractivity contribution in [1.82, 2.24) is 14.3 Å². The highest BCUT2D eigenvalue weighted by atomic mass is 19.1. The van der Waals surface area contributed by atoms with Crippen molar-refractivity contribution < 1.29 is 13.9 Å². The standard InChI is InChI=1S/C21H17FN4O2/c1-28-18-9-7-16(8-10-18)24-20(27)19-14-23-26(17-6-4-5-15(22)13-17)21(19)25-11-2-3-12-25/h2-14H,1H3,(H,24,27). The lowest BCUT2D eigenvalue weighted by Gasteiger charge is -2.11. The third-order valence-corrected chi connectivity index (χ3v) is 4.24. The Balaban J connectivity index is 1.73. The summed E-state index contributed by atoms with van der Waals surface area (Å²) in [5, 5.41) is 7.17. The molecule has 0 radical (unpaired) electrons. The van der Waals surface area contributed by atoms with Gasteiger partial charge in [0.25, 0.3) is 5.91 Å². The molecule has 2 aromatic heterocycles. The molecule has 2 heterocycles. The molecule has 0 saturated carbocycles. The Morgan fingerprint density at radius 2 is 1.82 bits per heavy atom. The van der Waals surface area contributed by atoms with Crippen molar-refractivity contribution in [2.45, 2.75) is 0 Å². The summed E-state index contributed by atoms with van der Waals surface area (Å²) in [4.78, 5) is 12.9. The van der Waals surface area contributed by atoms with Gasteiger partial charge < -0.3 is 14.6 Å². The predicted molar refractivity (Wildman–Crippen MR) is 104 cm³/mol. The molecular weight excluding hydrogens is 359 g/mol. The SMILES string of the molecule is COc1ccc(NC(=O)c2cnn(-c3cccc(F)c3)c2-n2cccc2)cc1. The van der Waals surface area contributed by atoms with Gasteiger partial charge in [0, 0.05) is 18.1 Å². The fourth-order valence-corrected chi connectivity index (χ4v) is 2.90. The van der Waals surface area contributed by atoms with E-state index >= 15 is 0 Å². The average Bonchev–Trinajstić information content (AvgIpc) is 3.38. The van der Waals surface area contributed by atoms with Crippen LogP contribution >= 0.6 is 0 Å². The van der Waals surface area contributed by atoms with Crippen LogP contribution in [0.3, 0.4) is 0 Å². The van der Waals surface area contributed by atoms with Crippen molar-refractivity contribution in [3.8, 4) is 17.3 Å². The van der Waals surface area contributed by atoms with Crippen LogP contribution in [0, 0.1) is 5.82 Å². The summed E-state index contributed by atoms with van der Waals surface area (Å²) in [5.41, 5.74) is 1.51. The van der Waals surface area contributed by atoms with Crippen molar-refractivity contribution in [3.63, 3.8) is 0 Å². The van der Waals surface area contributed by atoms with Gasteiger partial charge >= 0.3 is 0 Å². The van der Waals surface area contributed by atoms with Crippen molar-refractivity contribution in [3.05, 3.63) is 90.6 Å². The van der Waals surface area contributed by atoms with Crippen LogP contribution in [0.4, 0.5) is 10.1 Å². The Kier molecular flexibility index (Phi) is 4.63.